The molecule has 1 heterocycles. The Morgan fingerprint density at radius 1 is 1.38 bits per heavy atom. The first-order valence-electron chi connectivity index (χ1n) is 6.52. The molecule has 0 aromatic carbocycles. The third kappa shape index (κ3) is 4.76. The van der Waals surface area contributed by atoms with E-state index in [4.69, 9.17) is 0 Å². The highest BCUT2D eigenvalue weighted by molar-refractivity contribution is 5.88. The van der Waals surface area contributed by atoms with E-state index in [-0.39, 0.29) is 12.5 Å². The quantitative estimate of drug-likeness (QED) is 0.764. The van der Waals surface area contributed by atoms with Crippen LogP contribution >= 0.6 is 0 Å². The minimum absolute atomic E-state index is 0.0310. The van der Waals surface area contributed by atoms with Crippen LogP contribution in [0, 0.1) is 5.92 Å². The Labute approximate surface area is 120 Å². The Morgan fingerprint density at radius 2 is 2.05 bits per heavy atom. The molecule has 0 aliphatic rings. The fourth-order valence-electron chi connectivity index (χ4n) is 1.51. The van der Waals surface area contributed by atoms with Crippen LogP contribution in [0.25, 0.3) is 0 Å². The fourth-order valence-corrected chi connectivity index (χ4v) is 1.51. The molecule has 0 aliphatic heterocycles. The van der Waals surface area contributed by atoms with E-state index in [0.29, 0.717) is 11.2 Å². The van der Waals surface area contributed by atoms with Crippen molar-refractivity contribution in [3.8, 4) is 0 Å². The molecule has 0 radical (unpaired) electrons. The van der Waals surface area contributed by atoms with Crippen LogP contribution < -0.4 is 5.32 Å². The van der Waals surface area contributed by atoms with Gasteiger partial charge in [-0.3, -0.25) is 4.79 Å². The molecule has 0 atom stereocenters. The lowest BCUT2D eigenvalue weighted by Gasteiger charge is -2.09. The number of nitrogens with zero attached hydrogens (tertiary/aromatic N) is 3. The van der Waals surface area contributed by atoms with Gasteiger partial charge in [-0.15, -0.1) is 5.10 Å². The molecule has 1 rings (SSSR count). The molecule has 0 saturated carbocycles. The maximum absolute atomic E-state index is 13.0. The number of hydrogen-bond donors (Lipinski definition) is 1. The topological polar surface area (TPSA) is 86.1 Å². The number of aromatic nitrogens is 3. The number of ether oxygens (including phenoxy) is 1. The number of nitrogens with one attached hydrogen (secondary N) is 1. The number of carbonyl (C=O) groups is 2. The lowest BCUT2D eigenvalue weighted by Crippen LogP contribution is -2.31. The van der Waals surface area contributed by atoms with Gasteiger partial charge in [-0.05, 0) is 12.8 Å². The summed E-state index contributed by atoms with van der Waals surface area (Å²) in [6, 6.07) is 0. The van der Waals surface area contributed by atoms with Crippen LogP contribution in [0.3, 0.4) is 0 Å². The Kier molecular flexibility index (Phi) is 6.19. The smallest absolute Gasteiger partial charge is 0.361 e. The van der Waals surface area contributed by atoms with Crippen molar-refractivity contribution in [1.29, 1.82) is 0 Å². The van der Waals surface area contributed by atoms with Crippen LogP contribution in [0.4, 0.5) is 8.78 Å². The van der Waals surface area contributed by atoms with E-state index in [1.807, 2.05) is 13.8 Å². The predicted molar refractivity (Wildman–Crippen MR) is 68.8 cm³/mol. The number of halogens is 2. The van der Waals surface area contributed by atoms with Crippen LogP contribution in [0.15, 0.2) is 0 Å². The van der Waals surface area contributed by atoms with Gasteiger partial charge in [0.15, 0.2) is 5.69 Å². The second kappa shape index (κ2) is 7.65. The average molecular weight is 304 g/mol. The van der Waals surface area contributed by atoms with E-state index in [1.165, 1.54) is 0 Å². The number of hydrogen-bond acceptors (Lipinski definition) is 5. The van der Waals surface area contributed by atoms with Crippen LogP contribution in [0.5, 0.6) is 0 Å². The molecule has 7 nitrogen and oxygen atoms in total. The van der Waals surface area contributed by atoms with Gasteiger partial charge in [0.2, 0.25) is 5.91 Å². The van der Waals surface area contributed by atoms with Crippen LogP contribution in [-0.4, -0.2) is 40.0 Å². The summed E-state index contributed by atoms with van der Waals surface area (Å²) in [6.07, 6.45) is -2.99. The largest absolute Gasteiger partial charge is 0.461 e. The predicted octanol–water partition coefficient (Wildman–Crippen LogP) is 1.16. The summed E-state index contributed by atoms with van der Waals surface area (Å²) in [7, 11) is 0. The van der Waals surface area contributed by atoms with E-state index >= 15 is 0 Å². The standard InChI is InChI=1S/C12H18F2N4O3/c1-4-21-12(20)9-10(11(13)14)18(17-16-9)6-8(19)15-5-7(2)3/h7,11H,4-6H2,1-3H3,(H,15,19). The van der Waals surface area contributed by atoms with Gasteiger partial charge in [-0.2, -0.15) is 0 Å². The minimum atomic E-state index is -2.99. The Morgan fingerprint density at radius 3 is 2.57 bits per heavy atom. The summed E-state index contributed by atoms with van der Waals surface area (Å²) < 4.78 is 31.4. The summed E-state index contributed by atoms with van der Waals surface area (Å²) >= 11 is 0. The first kappa shape index (κ1) is 17.0. The maximum atomic E-state index is 13.0. The first-order valence-corrected chi connectivity index (χ1v) is 6.52. The van der Waals surface area contributed by atoms with Crippen LogP contribution in [0.2, 0.25) is 0 Å². The normalized spacial score (nSPS) is 11.0. The Hall–Kier alpha value is -2.06. The number of amides is 1. The van der Waals surface area contributed by atoms with Gasteiger partial charge in [0, 0.05) is 6.54 Å². The highest BCUT2D eigenvalue weighted by atomic mass is 19.3. The number of rotatable bonds is 7. The molecule has 0 unspecified atom stereocenters. The maximum Gasteiger partial charge on any atom is 0.361 e. The molecule has 0 fully saturated rings. The molecule has 0 spiro atoms. The molecular weight excluding hydrogens is 286 g/mol. The molecule has 1 aromatic rings. The van der Waals surface area contributed by atoms with Crippen LogP contribution in [-0.2, 0) is 16.1 Å². The number of alkyl halides is 2. The van der Waals surface area contributed by atoms with Gasteiger partial charge in [-0.25, -0.2) is 18.3 Å². The van der Waals surface area contributed by atoms with Gasteiger partial charge >= 0.3 is 5.97 Å². The van der Waals surface area contributed by atoms with Gasteiger partial charge < -0.3 is 10.1 Å². The molecule has 0 aliphatic carbocycles. The van der Waals surface area contributed by atoms with E-state index in [9.17, 15) is 18.4 Å². The molecule has 9 heteroatoms. The second-order valence-corrected chi connectivity index (χ2v) is 4.70. The van der Waals surface area contributed by atoms with Crippen molar-refractivity contribution in [2.24, 2.45) is 5.92 Å². The third-order valence-corrected chi connectivity index (χ3v) is 2.45. The monoisotopic (exact) mass is 304 g/mol. The zero-order valence-electron chi connectivity index (χ0n) is 12.1. The summed E-state index contributed by atoms with van der Waals surface area (Å²) in [6.45, 7) is 5.37. The lowest BCUT2D eigenvalue weighted by molar-refractivity contribution is -0.122. The number of carbonyl (C=O) groups excluding carboxylic acids is 2. The zero-order valence-corrected chi connectivity index (χ0v) is 12.1. The van der Waals surface area contributed by atoms with Crippen molar-refractivity contribution < 1.29 is 23.1 Å². The highest BCUT2D eigenvalue weighted by Gasteiger charge is 2.28. The summed E-state index contributed by atoms with van der Waals surface area (Å²) in [5.41, 5.74) is -1.28. The molecule has 21 heavy (non-hydrogen) atoms. The van der Waals surface area contributed by atoms with Gasteiger partial charge in [-0.1, -0.05) is 19.1 Å². The Bertz CT molecular complexity index is 503. The van der Waals surface area contributed by atoms with E-state index in [2.05, 4.69) is 20.4 Å². The van der Waals surface area contributed by atoms with Crippen molar-refractivity contribution in [2.75, 3.05) is 13.2 Å². The van der Waals surface area contributed by atoms with Crippen molar-refractivity contribution in [2.45, 2.75) is 33.7 Å². The average Bonchev–Trinajstić information content (AvgIpc) is 2.80. The highest BCUT2D eigenvalue weighted by Crippen LogP contribution is 2.21. The third-order valence-electron chi connectivity index (χ3n) is 2.45. The van der Waals surface area contributed by atoms with Crippen molar-refractivity contribution >= 4 is 11.9 Å². The lowest BCUT2D eigenvalue weighted by atomic mass is 10.2. The first-order chi connectivity index (χ1) is 9.86. The van der Waals surface area contributed by atoms with Gasteiger partial charge in [0.25, 0.3) is 6.43 Å². The molecule has 1 amide bonds. The summed E-state index contributed by atoms with van der Waals surface area (Å²) in [4.78, 5) is 23.1. The SMILES string of the molecule is CCOC(=O)c1nnn(CC(=O)NCC(C)C)c1C(F)F. The van der Waals surface area contributed by atoms with Crippen LogP contribution in [0.1, 0.15) is 43.4 Å². The zero-order chi connectivity index (χ0) is 16.0. The van der Waals surface area contributed by atoms with Crippen molar-refractivity contribution in [1.82, 2.24) is 20.3 Å². The Balaban J connectivity index is 2.88. The van der Waals surface area contributed by atoms with E-state index in [1.54, 1.807) is 6.92 Å². The fraction of sp³-hybridized carbons (Fsp3) is 0.667. The van der Waals surface area contributed by atoms with E-state index < -0.39 is 36.2 Å². The van der Waals surface area contributed by atoms with E-state index in [0.717, 1.165) is 0 Å². The second-order valence-electron chi connectivity index (χ2n) is 4.70. The molecule has 1 N–H and O–H groups in total. The molecule has 0 saturated heterocycles. The number of esters is 1. The molecule has 1 aromatic heterocycles. The van der Waals surface area contributed by atoms with Gasteiger partial charge in [0.1, 0.15) is 12.2 Å². The molecular formula is C12H18F2N4O3. The van der Waals surface area contributed by atoms with Crippen molar-refractivity contribution in [3.05, 3.63) is 11.4 Å². The molecule has 118 valence electrons. The molecule has 0 bridgehead atoms. The summed E-state index contributed by atoms with van der Waals surface area (Å²) in [5, 5.41) is 9.39. The summed E-state index contributed by atoms with van der Waals surface area (Å²) in [5.74, 6) is -1.23. The van der Waals surface area contributed by atoms with Gasteiger partial charge in [0.05, 0.1) is 6.61 Å². The minimum Gasteiger partial charge on any atom is -0.461 e. The van der Waals surface area contributed by atoms with Crippen molar-refractivity contribution in [3.63, 3.8) is 0 Å².